The van der Waals surface area contributed by atoms with Crippen LogP contribution in [0.15, 0.2) is 24.3 Å². The van der Waals surface area contributed by atoms with Crippen LogP contribution in [-0.4, -0.2) is 43.5 Å². The van der Waals surface area contributed by atoms with Gasteiger partial charge in [0.05, 0.1) is 0 Å². The van der Waals surface area contributed by atoms with Crippen molar-refractivity contribution < 1.29 is 14.3 Å². The molecule has 6 nitrogen and oxygen atoms in total. The molecule has 0 saturated carbocycles. The number of rotatable bonds is 7. The molecule has 0 aliphatic carbocycles. The quantitative estimate of drug-likeness (QED) is 0.791. The van der Waals surface area contributed by atoms with Crippen molar-refractivity contribution in [3.63, 3.8) is 0 Å². The molecule has 2 amide bonds. The van der Waals surface area contributed by atoms with Gasteiger partial charge in [-0.15, -0.1) is 0 Å². The van der Waals surface area contributed by atoms with Crippen molar-refractivity contribution in [1.82, 2.24) is 4.90 Å². The van der Waals surface area contributed by atoms with Gasteiger partial charge in [0.15, 0.2) is 6.61 Å². The normalized spacial score (nSPS) is 11.6. The molecule has 0 aliphatic rings. The Morgan fingerprint density at radius 2 is 1.90 bits per heavy atom. The maximum Gasteiger partial charge on any atom is 0.259 e. The van der Waals surface area contributed by atoms with Crippen LogP contribution >= 0.6 is 0 Å². The average Bonchev–Trinajstić information content (AvgIpc) is 2.44. The summed E-state index contributed by atoms with van der Waals surface area (Å²) in [5.41, 5.74) is 6.30. The fourth-order valence-corrected chi connectivity index (χ4v) is 1.49. The lowest BCUT2D eigenvalue weighted by Crippen LogP contribution is -2.27. The van der Waals surface area contributed by atoms with Gasteiger partial charge >= 0.3 is 0 Å². The summed E-state index contributed by atoms with van der Waals surface area (Å²) >= 11 is 0. The molecular formula is C15H23N3O3. The summed E-state index contributed by atoms with van der Waals surface area (Å²) in [6, 6.07) is 6.91. The zero-order valence-corrected chi connectivity index (χ0v) is 12.8. The number of nitrogens with two attached hydrogens (primary N) is 1. The topological polar surface area (TPSA) is 84.7 Å². The molecule has 1 aromatic carbocycles. The van der Waals surface area contributed by atoms with Crippen molar-refractivity contribution in [3.05, 3.63) is 24.3 Å². The van der Waals surface area contributed by atoms with Crippen LogP contribution in [0.25, 0.3) is 0 Å². The zero-order valence-electron chi connectivity index (χ0n) is 12.8. The summed E-state index contributed by atoms with van der Waals surface area (Å²) in [6.45, 7) is 1.86. The molecule has 1 rings (SSSR count). The van der Waals surface area contributed by atoms with Gasteiger partial charge in [0, 0.05) is 32.2 Å². The molecule has 0 radical (unpaired) electrons. The number of amides is 2. The Hall–Kier alpha value is -2.08. The Balaban J connectivity index is 2.43. The molecule has 0 fully saturated rings. The van der Waals surface area contributed by atoms with E-state index in [0.717, 1.165) is 0 Å². The highest BCUT2D eigenvalue weighted by Gasteiger charge is 2.06. The number of anilines is 1. The largest absolute Gasteiger partial charge is 0.484 e. The molecule has 6 heteroatoms. The summed E-state index contributed by atoms with van der Waals surface area (Å²) < 4.78 is 5.35. The van der Waals surface area contributed by atoms with Gasteiger partial charge in [-0.2, -0.15) is 0 Å². The zero-order chi connectivity index (χ0) is 15.8. The van der Waals surface area contributed by atoms with E-state index < -0.39 is 0 Å². The maximum atomic E-state index is 11.6. The van der Waals surface area contributed by atoms with Gasteiger partial charge in [0.1, 0.15) is 5.75 Å². The fraction of sp³-hybridized carbons (Fsp3) is 0.467. The lowest BCUT2D eigenvalue weighted by molar-refractivity contribution is -0.130. The molecule has 1 unspecified atom stereocenters. The second-order valence-electron chi connectivity index (χ2n) is 5.17. The molecule has 3 N–H and O–H groups in total. The van der Waals surface area contributed by atoms with Crippen molar-refractivity contribution in [2.24, 2.45) is 5.73 Å². The van der Waals surface area contributed by atoms with Crippen LogP contribution in [0.2, 0.25) is 0 Å². The minimum Gasteiger partial charge on any atom is -0.484 e. The van der Waals surface area contributed by atoms with Crippen LogP contribution in [0.4, 0.5) is 5.69 Å². The summed E-state index contributed by atoms with van der Waals surface area (Å²) in [5, 5.41) is 2.78. The van der Waals surface area contributed by atoms with Crippen molar-refractivity contribution in [2.75, 3.05) is 26.0 Å². The average molecular weight is 293 g/mol. The Morgan fingerprint density at radius 3 is 2.43 bits per heavy atom. The molecule has 0 aromatic heterocycles. The van der Waals surface area contributed by atoms with Gasteiger partial charge in [-0.05, 0) is 37.6 Å². The molecule has 0 saturated heterocycles. The monoisotopic (exact) mass is 293 g/mol. The number of hydrogen-bond donors (Lipinski definition) is 2. The first-order chi connectivity index (χ1) is 9.88. The van der Waals surface area contributed by atoms with E-state index in [9.17, 15) is 9.59 Å². The van der Waals surface area contributed by atoms with Crippen LogP contribution in [0, 0.1) is 0 Å². The highest BCUT2D eigenvalue weighted by molar-refractivity contribution is 5.90. The van der Waals surface area contributed by atoms with Crippen molar-refractivity contribution in [1.29, 1.82) is 0 Å². The SMILES string of the molecule is CC(N)CCC(=O)Nc1ccc(OCC(=O)N(C)C)cc1. The van der Waals surface area contributed by atoms with E-state index in [0.29, 0.717) is 24.3 Å². The summed E-state index contributed by atoms with van der Waals surface area (Å²) in [4.78, 5) is 24.5. The number of ether oxygens (including phenoxy) is 1. The molecule has 116 valence electrons. The molecule has 0 bridgehead atoms. The Labute approximate surface area is 125 Å². The first kappa shape index (κ1) is 17.0. The van der Waals surface area contributed by atoms with Gasteiger partial charge in [-0.3, -0.25) is 9.59 Å². The van der Waals surface area contributed by atoms with Gasteiger partial charge in [-0.25, -0.2) is 0 Å². The second-order valence-corrected chi connectivity index (χ2v) is 5.17. The molecule has 21 heavy (non-hydrogen) atoms. The van der Waals surface area contributed by atoms with Crippen LogP contribution in [0.5, 0.6) is 5.75 Å². The van der Waals surface area contributed by atoms with Gasteiger partial charge in [0.2, 0.25) is 5.91 Å². The lowest BCUT2D eigenvalue weighted by Gasteiger charge is -2.12. The minimum atomic E-state index is -0.108. The number of benzene rings is 1. The molecular weight excluding hydrogens is 270 g/mol. The van der Waals surface area contributed by atoms with Crippen molar-refractivity contribution in [3.8, 4) is 5.75 Å². The predicted molar refractivity (Wildman–Crippen MR) is 82.1 cm³/mol. The van der Waals surface area contributed by atoms with E-state index in [1.807, 2.05) is 6.92 Å². The van der Waals surface area contributed by atoms with E-state index in [1.165, 1.54) is 4.90 Å². The van der Waals surface area contributed by atoms with E-state index in [2.05, 4.69) is 5.32 Å². The van der Waals surface area contributed by atoms with Crippen molar-refractivity contribution >= 4 is 17.5 Å². The molecule has 0 heterocycles. The smallest absolute Gasteiger partial charge is 0.259 e. The number of nitrogens with zero attached hydrogens (tertiary/aromatic N) is 1. The molecule has 0 aliphatic heterocycles. The Morgan fingerprint density at radius 1 is 1.29 bits per heavy atom. The maximum absolute atomic E-state index is 11.6. The minimum absolute atomic E-state index is 0.00685. The number of carbonyl (C=O) groups is 2. The Kier molecular flexibility index (Phi) is 6.68. The summed E-state index contributed by atoms with van der Waals surface area (Å²) in [5.74, 6) is 0.408. The molecule has 1 aromatic rings. The molecule has 0 spiro atoms. The van der Waals surface area contributed by atoms with Gasteiger partial charge < -0.3 is 20.7 Å². The predicted octanol–water partition coefficient (Wildman–Crippen LogP) is 1.22. The first-order valence-corrected chi connectivity index (χ1v) is 6.87. The number of carbonyl (C=O) groups excluding carboxylic acids is 2. The van der Waals surface area contributed by atoms with E-state index in [4.69, 9.17) is 10.5 Å². The highest BCUT2D eigenvalue weighted by Crippen LogP contribution is 2.16. The van der Waals surface area contributed by atoms with E-state index in [1.54, 1.807) is 38.4 Å². The van der Waals surface area contributed by atoms with Crippen LogP contribution < -0.4 is 15.8 Å². The van der Waals surface area contributed by atoms with Crippen LogP contribution in [0.3, 0.4) is 0 Å². The molecule has 1 atom stereocenters. The van der Waals surface area contributed by atoms with E-state index in [-0.39, 0.29) is 24.5 Å². The second kappa shape index (κ2) is 8.26. The third kappa shape index (κ3) is 6.76. The lowest BCUT2D eigenvalue weighted by atomic mass is 10.2. The Bertz CT molecular complexity index is 470. The highest BCUT2D eigenvalue weighted by atomic mass is 16.5. The van der Waals surface area contributed by atoms with Gasteiger partial charge in [0.25, 0.3) is 5.91 Å². The van der Waals surface area contributed by atoms with Gasteiger partial charge in [-0.1, -0.05) is 0 Å². The summed E-state index contributed by atoms with van der Waals surface area (Å²) in [6.07, 6.45) is 1.05. The third-order valence-corrected chi connectivity index (χ3v) is 2.83. The number of hydrogen-bond acceptors (Lipinski definition) is 4. The number of nitrogens with one attached hydrogen (secondary N) is 1. The van der Waals surface area contributed by atoms with Crippen molar-refractivity contribution in [2.45, 2.75) is 25.8 Å². The third-order valence-electron chi connectivity index (χ3n) is 2.83. The summed E-state index contributed by atoms with van der Waals surface area (Å²) in [7, 11) is 3.35. The fourth-order valence-electron chi connectivity index (χ4n) is 1.49. The van der Waals surface area contributed by atoms with E-state index >= 15 is 0 Å². The first-order valence-electron chi connectivity index (χ1n) is 6.87. The van der Waals surface area contributed by atoms with Crippen LogP contribution in [0.1, 0.15) is 19.8 Å². The standard InChI is InChI=1S/C15H23N3O3/c1-11(16)4-9-14(19)17-12-5-7-13(8-6-12)21-10-15(20)18(2)3/h5-8,11H,4,9-10,16H2,1-3H3,(H,17,19). The van der Waals surface area contributed by atoms with Crippen LogP contribution in [-0.2, 0) is 9.59 Å². The number of likely N-dealkylation sites (N-methyl/N-ethyl adjacent to an activating group) is 1.